The summed E-state index contributed by atoms with van der Waals surface area (Å²) in [6.45, 7) is 0.808. The van der Waals surface area contributed by atoms with E-state index >= 15 is 0 Å². The molecule has 0 spiro atoms. The van der Waals surface area contributed by atoms with Crippen LogP contribution in [0.3, 0.4) is 0 Å². The minimum absolute atomic E-state index is 0.130. The van der Waals surface area contributed by atoms with Gasteiger partial charge < -0.3 is 4.90 Å². The molecule has 0 bridgehead atoms. The van der Waals surface area contributed by atoms with Crippen LogP contribution in [0.4, 0.5) is 0 Å². The molecule has 0 saturated carbocycles. The van der Waals surface area contributed by atoms with Gasteiger partial charge in [0.25, 0.3) is 5.91 Å². The second-order valence-electron chi connectivity index (χ2n) is 6.01. The molecule has 3 aromatic rings. The van der Waals surface area contributed by atoms with E-state index in [0.717, 1.165) is 17.4 Å². The molecular weight excluding hydrogens is 362 g/mol. The molecule has 1 aliphatic heterocycles. The first-order valence-electron chi connectivity index (χ1n) is 7.59. The fourth-order valence-corrected chi connectivity index (χ4v) is 4.13. The third kappa shape index (κ3) is 2.60. The van der Waals surface area contributed by atoms with Crippen molar-refractivity contribution in [2.75, 3.05) is 6.26 Å². The highest BCUT2D eigenvalue weighted by atomic mass is 35.5. The third-order valence-corrected chi connectivity index (χ3v) is 5.57. The van der Waals surface area contributed by atoms with Crippen LogP contribution in [0.1, 0.15) is 21.6 Å². The summed E-state index contributed by atoms with van der Waals surface area (Å²) in [5.74, 6) is -0.314. The molecule has 8 heteroatoms. The van der Waals surface area contributed by atoms with E-state index in [1.54, 1.807) is 35.4 Å². The normalized spacial score (nSPS) is 14.1. The van der Waals surface area contributed by atoms with E-state index in [9.17, 15) is 13.2 Å². The number of rotatable bonds is 2. The molecule has 0 N–H and O–H groups in total. The second-order valence-corrected chi connectivity index (χ2v) is 8.33. The SMILES string of the molecule is CS(=O)(=O)c1nc(C(=O)N2Cc3cccc(Cl)c3C2)c2ccccn12. The molecule has 4 rings (SSSR count). The van der Waals surface area contributed by atoms with Gasteiger partial charge in [-0.1, -0.05) is 29.8 Å². The van der Waals surface area contributed by atoms with Crippen molar-refractivity contribution in [3.8, 4) is 0 Å². The molecular formula is C17H14ClN3O3S. The number of carbonyl (C=O) groups excluding carboxylic acids is 1. The van der Waals surface area contributed by atoms with Crippen LogP contribution in [-0.2, 0) is 22.9 Å². The van der Waals surface area contributed by atoms with Crippen molar-refractivity contribution in [2.24, 2.45) is 0 Å². The number of fused-ring (bicyclic) bond motifs is 2. The summed E-state index contributed by atoms with van der Waals surface area (Å²) < 4.78 is 25.4. The smallest absolute Gasteiger partial charge is 0.275 e. The van der Waals surface area contributed by atoms with E-state index in [2.05, 4.69) is 4.98 Å². The molecule has 3 heterocycles. The van der Waals surface area contributed by atoms with Crippen molar-refractivity contribution in [3.05, 3.63) is 64.4 Å². The predicted octanol–water partition coefficient (Wildman–Crippen LogP) is 2.55. The van der Waals surface area contributed by atoms with Gasteiger partial charge in [-0.15, -0.1) is 0 Å². The molecule has 0 saturated heterocycles. The minimum Gasteiger partial charge on any atom is -0.329 e. The molecule has 0 aliphatic carbocycles. The average Bonchev–Trinajstić information content (AvgIpc) is 3.16. The van der Waals surface area contributed by atoms with Gasteiger partial charge in [-0.05, 0) is 29.3 Å². The Hall–Kier alpha value is -2.38. The molecule has 0 unspecified atom stereocenters. The fraction of sp³-hybridized carbons (Fsp3) is 0.176. The topological polar surface area (TPSA) is 71.7 Å². The number of benzene rings is 1. The van der Waals surface area contributed by atoms with Gasteiger partial charge in [0.1, 0.15) is 0 Å². The van der Waals surface area contributed by atoms with Gasteiger partial charge in [-0.2, -0.15) is 0 Å². The summed E-state index contributed by atoms with van der Waals surface area (Å²) in [6.07, 6.45) is 2.67. The van der Waals surface area contributed by atoms with Crippen LogP contribution >= 0.6 is 11.6 Å². The van der Waals surface area contributed by atoms with Crippen LogP contribution in [0.25, 0.3) is 5.52 Å². The molecule has 25 heavy (non-hydrogen) atoms. The lowest BCUT2D eigenvalue weighted by Gasteiger charge is -2.14. The highest BCUT2D eigenvalue weighted by molar-refractivity contribution is 7.90. The van der Waals surface area contributed by atoms with E-state index in [1.165, 1.54) is 4.40 Å². The van der Waals surface area contributed by atoms with E-state index in [4.69, 9.17) is 11.6 Å². The number of imidazole rings is 1. The van der Waals surface area contributed by atoms with Crippen molar-refractivity contribution >= 4 is 32.9 Å². The maximum absolute atomic E-state index is 13.0. The molecule has 1 aliphatic rings. The Labute approximate surface area is 149 Å². The van der Waals surface area contributed by atoms with Crippen LogP contribution in [0.15, 0.2) is 47.8 Å². The molecule has 0 radical (unpaired) electrons. The monoisotopic (exact) mass is 375 g/mol. The summed E-state index contributed by atoms with van der Waals surface area (Å²) in [4.78, 5) is 18.8. The maximum atomic E-state index is 13.0. The maximum Gasteiger partial charge on any atom is 0.275 e. The molecule has 1 aromatic carbocycles. The Morgan fingerprint density at radius 1 is 1.16 bits per heavy atom. The zero-order valence-electron chi connectivity index (χ0n) is 13.3. The van der Waals surface area contributed by atoms with Crippen molar-refractivity contribution < 1.29 is 13.2 Å². The molecule has 2 aromatic heterocycles. The van der Waals surface area contributed by atoms with Gasteiger partial charge in [0.15, 0.2) is 5.69 Å². The highest BCUT2D eigenvalue weighted by Gasteiger charge is 2.30. The van der Waals surface area contributed by atoms with Gasteiger partial charge in [0.2, 0.25) is 15.0 Å². The van der Waals surface area contributed by atoms with Crippen molar-refractivity contribution in [1.82, 2.24) is 14.3 Å². The lowest BCUT2D eigenvalue weighted by molar-refractivity contribution is 0.0747. The molecule has 128 valence electrons. The highest BCUT2D eigenvalue weighted by Crippen LogP contribution is 2.30. The molecule has 1 amide bonds. The van der Waals surface area contributed by atoms with Crippen LogP contribution in [0.5, 0.6) is 0 Å². The Bertz CT molecular complexity index is 1120. The van der Waals surface area contributed by atoms with Gasteiger partial charge in [-0.3, -0.25) is 9.20 Å². The van der Waals surface area contributed by atoms with Gasteiger partial charge in [0.05, 0.1) is 5.52 Å². The minimum atomic E-state index is -3.57. The summed E-state index contributed by atoms with van der Waals surface area (Å²) in [7, 11) is -3.57. The van der Waals surface area contributed by atoms with Gasteiger partial charge in [-0.25, -0.2) is 13.4 Å². The van der Waals surface area contributed by atoms with Gasteiger partial charge >= 0.3 is 0 Å². The zero-order chi connectivity index (χ0) is 17.8. The van der Waals surface area contributed by atoms with Crippen molar-refractivity contribution in [3.63, 3.8) is 0 Å². The first-order chi connectivity index (χ1) is 11.9. The number of aromatic nitrogens is 2. The third-order valence-electron chi connectivity index (χ3n) is 4.26. The first kappa shape index (κ1) is 16.1. The summed E-state index contributed by atoms with van der Waals surface area (Å²) in [5.41, 5.74) is 2.51. The number of pyridine rings is 1. The lowest BCUT2D eigenvalue weighted by Crippen LogP contribution is -2.26. The number of nitrogens with zero attached hydrogens (tertiary/aromatic N) is 3. The summed E-state index contributed by atoms with van der Waals surface area (Å²) >= 11 is 6.21. The van der Waals surface area contributed by atoms with E-state index in [-0.39, 0.29) is 16.8 Å². The largest absolute Gasteiger partial charge is 0.329 e. The van der Waals surface area contributed by atoms with Crippen molar-refractivity contribution in [1.29, 1.82) is 0 Å². The number of amides is 1. The number of halogens is 1. The standard InChI is InChI=1S/C17H14ClN3O3S/c1-25(23,24)17-19-15(14-7-2-3-8-21(14)17)16(22)20-9-11-5-4-6-13(18)12(11)10-20/h2-8H,9-10H2,1H3. The van der Waals surface area contributed by atoms with E-state index in [1.807, 2.05) is 12.1 Å². The molecule has 0 atom stereocenters. The predicted molar refractivity (Wildman–Crippen MR) is 93.3 cm³/mol. The number of carbonyl (C=O) groups is 1. The summed E-state index contributed by atoms with van der Waals surface area (Å²) in [5, 5.41) is 0.487. The second kappa shape index (κ2) is 5.57. The Morgan fingerprint density at radius 3 is 2.68 bits per heavy atom. The summed E-state index contributed by atoms with van der Waals surface area (Å²) in [6, 6.07) is 10.7. The Kier molecular flexibility index (Phi) is 3.59. The lowest BCUT2D eigenvalue weighted by atomic mass is 10.1. The number of sulfone groups is 1. The molecule has 6 nitrogen and oxygen atoms in total. The number of hydrogen-bond acceptors (Lipinski definition) is 4. The van der Waals surface area contributed by atoms with Crippen LogP contribution in [0.2, 0.25) is 5.02 Å². The zero-order valence-corrected chi connectivity index (χ0v) is 14.9. The van der Waals surface area contributed by atoms with Crippen LogP contribution in [0, 0.1) is 0 Å². The first-order valence-corrected chi connectivity index (χ1v) is 9.86. The Morgan fingerprint density at radius 2 is 1.96 bits per heavy atom. The van der Waals surface area contributed by atoms with E-state index < -0.39 is 9.84 Å². The fourth-order valence-electron chi connectivity index (χ4n) is 3.10. The quantitative estimate of drug-likeness (QED) is 0.690. The van der Waals surface area contributed by atoms with Gasteiger partial charge in [0, 0.05) is 30.6 Å². The van der Waals surface area contributed by atoms with Crippen LogP contribution in [-0.4, -0.2) is 34.9 Å². The van der Waals surface area contributed by atoms with Crippen LogP contribution < -0.4 is 0 Å². The van der Waals surface area contributed by atoms with E-state index in [0.29, 0.717) is 23.6 Å². The number of hydrogen-bond donors (Lipinski definition) is 0. The van der Waals surface area contributed by atoms with Crippen molar-refractivity contribution in [2.45, 2.75) is 18.2 Å². The average molecular weight is 376 g/mol. The molecule has 0 fully saturated rings. The Balaban J connectivity index is 1.79.